The first kappa shape index (κ1) is 13.0. The number of nitrogens with one attached hydrogen (secondary N) is 2. The van der Waals surface area contributed by atoms with E-state index in [9.17, 15) is 9.59 Å². The highest BCUT2D eigenvalue weighted by Crippen LogP contribution is 1.98. The summed E-state index contributed by atoms with van der Waals surface area (Å²) in [5.74, 6) is -0.459. The van der Waals surface area contributed by atoms with Crippen molar-refractivity contribution in [1.29, 1.82) is 0 Å². The minimum Gasteiger partial charge on any atom is -0.352 e. The van der Waals surface area contributed by atoms with Crippen LogP contribution in [0.5, 0.6) is 0 Å². The lowest BCUT2D eigenvalue weighted by Crippen LogP contribution is -2.46. The van der Waals surface area contributed by atoms with Crippen LogP contribution in [0.4, 0.5) is 4.79 Å². The van der Waals surface area contributed by atoms with Gasteiger partial charge < -0.3 is 11.1 Å². The lowest BCUT2D eigenvalue weighted by Gasteiger charge is -2.12. The topological polar surface area (TPSA) is 93.5 Å². The molecule has 4 N–H and O–H groups in total. The zero-order valence-electron chi connectivity index (χ0n) is 9.47. The highest BCUT2D eigenvalue weighted by molar-refractivity contribution is 5.85. The van der Waals surface area contributed by atoms with Crippen molar-refractivity contribution in [3.05, 3.63) is 35.9 Å². The fourth-order valence-electron chi connectivity index (χ4n) is 1.13. The van der Waals surface area contributed by atoms with Crippen LogP contribution in [-0.4, -0.2) is 18.0 Å². The number of urea groups is 1. The molecule has 0 aliphatic heterocycles. The molecule has 1 aromatic rings. The number of hydrogen-bond acceptors (Lipinski definition) is 3. The van der Waals surface area contributed by atoms with Gasteiger partial charge in [0.15, 0.2) is 0 Å². The highest BCUT2D eigenvalue weighted by Gasteiger charge is 2.13. The number of benzene rings is 1. The van der Waals surface area contributed by atoms with Crippen LogP contribution in [0.25, 0.3) is 0 Å². The second-order valence-electron chi connectivity index (χ2n) is 3.47. The van der Waals surface area contributed by atoms with E-state index in [2.05, 4.69) is 10.8 Å². The van der Waals surface area contributed by atoms with Gasteiger partial charge in [0, 0.05) is 0 Å². The van der Waals surface area contributed by atoms with Crippen LogP contribution in [0.2, 0.25) is 0 Å². The lowest BCUT2D eigenvalue weighted by atomic mass is 10.2. The Bertz CT molecular complexity index is 381. The number of carbonyl (C=O) groups is 2. The van der Waals surface area contributed by atoms with Crippen LogP contribution in [0.15, 0.2) is 30.3 Å². The summed E-state index contributed by atoms with van der Waals surface area (Å²) >= 11 is 0. The molecule has 0 spiro atoms. The quantitative estimate of drug-likeness (QED) is 0.642. The SMILES string of the molecule is CC(NC(N)=O)C(=O)NOCc1ccccc1. The second-order valence-corrected chi connectivity index (χ2v) is 3.47. The summed E-state index contributed by atoms with van der Waals surface area (Å²) < 4.78 is 0. The number of primary amides is 1. The third-order valence-electron chi connectivity index (χ3n) is 2.01. The fourth-order valence-corrected chi connectivity index (χ4v) is 1.13. The monoisotopic (exact) mass is 237 g/mol. The first-order chi connectivity index (χ1) is 8.09. The van der Waals surface area contributed by atoms with Crippen molar-refractivity contribution in [3.8, 4) is 0 Å². The van der Waals surface area contributed by atoms with Crippen LogP contribution >= 0.6 is 0 Å². The van der Waals surface area contributed by atoms with Crippen molar-refractivity contribution < 1.29 is 14.4 Å². The Hall–Kier alpha value is -2.08. The van der Waals surface area contributed by atoms with Gasteiger partial charge in [-0.1, -0.05) is 30.3 Å². The third-order valence-corrected chi connectivity index (χ3v) is 2.01. The zero-order valence-corrected chi connectivity index (χ0v) is 9.47. The average Bonchev–Trinajstić information content (AvgIpc) is 2.29. The molecular formula is C11H15N3O3. The molecule has 6 heteroatoms. The molecule has 0 bridgehead atoms. The standard InChI is InChI=1S/C11H15N3O3/c1-8(13-11(12)16)10(15)14-17-7-9-5-3-2-4-6-9/h2-6,8H,7H2,1H3,(H,14,15)(H3,12,13,16). The maximum Gasteiger partial charge on any atom is 0.312 e. The lowest BCUT2D eigenvalue weighted by molar-refractivity contribution is -0.136. The summed E-state index contributed by atoms with van der Waals surface area (Å²) in [5.41, 5.74) is 8.04. The van der Waals surface area contributed by atoms with Crippen molar-refractivity contribution in [1.82, 2.24) is 10.8 Å². The molecule has 6 nitrogen and oxygen atoms in total. The molecule has 1 aromatic carbocycles. The highest BCUT2D eigenvalue weighted by atomic mass is 16.6. The van der Waals surface area contributed by atoms with Gasteiger partial charge in [0.05, 0.1) is 6.61 Å². The molecule has 17 heavy (non-hydrogen) atoms. The maximum absolute atomic E-state index is 11.4. The van der Waals surface area contributed by atoms with Crippen molar-refractivity contribution in [2.75, 3.05) is 0 Å². The molecule has 1 atom stereocenters. The molecule has 0 aliphatic carbocycles. The molecule has 0 saturated carbocycles. The minimum absolute atomic E-state index is 0.260. The molecule has 0 aromatic heterocycles. The molecule has 0 saturated heterocycles. The Morgan fingerprint density at radius 1 is 1.35 bits per heavy atom. The predicted molar refractivity (Wildman–Crippen MR) is 61.6 cm³/mol. The first-order valence-corrected chi connectivity index (χ1v) is 5.11. The van der Waals surface area contributed by atoms with Gasteiger partial charge in [-0.3, -0.25) is 9.63 Å². The largest absolute Gasteiger partial charge is 0.352 e. The van der Waals surface area contributed by atoms with Crippen molar-refractivity contribution >= 4 is 11.9 Å². The van der Waals surface area contributed by atoms with E-state index in [0.29, 0.717) is 0 Å². The molecule has 0 fully saturated rings. The molecular weight excluding hydrogens is 222 g/mol. The van der Waals surface area contributed by atoms with Gasteiger partial charge in [0.1, 0.15) is 6.04 Å². The van der Waals surface area contributed by atoms with Crippen LogP contribution in [0.3, 0.4) is 0 Å². The van der Waals surface area contributed by atoms with E-state index >= 15 is 0 Å². The number of carbonyl (C=O) groups excluding carboxylic acids is 2. The van der Waals surface area contributed by atoms with Gasteiger partial charge in [0.2, 0.25) is 0 Å². The van der Waals surface area contributed by atoms with Crippen molar-refractivity contribution in [3.63, 3.8) is 0 Å². The molecule has 0 heterocycles. The van der Waals surface area contributed by atoms with Gasteiger partial charge in [-0.05, 0) is 12.5 Å². The first-order valence-electron chi connectivity index (χ1n) is 5.11. The third kappa shape index (κ3) is 4.98. The summed E-state index contributed by atoms with van der Waals surface area (Å²) in [6.45, 7) is 1.77. The summed E-state index contributed by atoms with van der Waals surface area (Å²) in [4.78, 5) is 26.9. The van der Waals surface area contributed by atoms with E-state index in [1.54, 1.807) is 0 Å². The molecule has 1 unspecified atom stereocenters. The molecule has 3 amide bonds. The minimum atomic E-state index is -0.754. The summed E-state index contributed by atoms with van der Waals surface area (Å²) in [6, 6.07) is 7.89. The van der Waals surface area contributed by atoms with Crippen molar-refractivity contribution in [2.24, 2.45) is 5.73 Å². The number of hydrogen-bond donors (Lipinski definition) is 3. The molecule has 1 rings (SSSR count). The van der Waals surface area contributed by atoms with E-state index in [-0.39, 0.29) is 6.61 Å². The van der Waals surface area contributed by atoms with Gasteiger partial charge in [-0.15, -0.1) is 0 Å². The van der Waals surface area contributed by atoms with E-state index in [1.165, 1.54) is 6.92 Å². The van der Waals surface area contributed by atoms with E-state index in [1.807, 2.05) is 30.3 Å². The van der Waals surface area contributed by atoms with E-state index in [0.717, 1.165) is 5.56 Å². The maximum atomic E-state index is 11.4. The fraction of sp³-hybridized carbons (Fsp3) is 0.273. The molecule has 92 valence electrons. The summed E-state index contributed by atoms with van der Waals surface area (Å²) in [7, 11) is 0. The smallest absolute Gasteiger partial charge is 0.312 e. The van der Waals surface area contributed by atoms with Crippen molar-refractivity contribution in [2.45, 2.75) is 19.6 Å². The number of amides is 3. The molecule has 0 radical (unpaired) electrons. The normalized spacial score (nSPS) is 11.6. The Morgan fingerprint density at radius 2 is 2.00 bits per heavy atom. The van der Waals surface area contributed by atoms with Gasteiger partial charge in [0.25, 0.3) is 5.91 Å². The average molecular weight is 237 g/mol. The Kier molecular flexibility index (Phi) is 4.96. The van der Waals surface area contributed by atoms with Gasteiger partial charge in [-0.25, -0.2) is 10.3 Å². The van der Waals surface area contributed by atoms with Gasteiger partial charge >= 0.3 is 6.03 Å². The Labute approximate surface area is 99.1 Å². The van der Waals surface area contributed by atoms with Gasteiger partial charge in [-0.2, -0.15) is 0 Å². The Morgan fingerprint density at radius 3 is 2.59 bits per heavy atom. The van der Waals surface area contributed by atoms with Crippen LogP contribution < -0.4 is 16.5 Å². The van der Waals surface area contributed by atoms with E-state index < -0.39 is 18.0 Å². The number of rotatable bonds is 5. The second kappa shape index (κ2) is 6.49. The van der Waals surface area contributed by atoms with E-state index in [4.69, 9.17) is 10.6 Å². The molecule has 0 aliphatic rings. The predicted octanol–water partition coefficient (Wildman–Crippen LogP) is 0.291. The summed E-state index contributed by atoms with van der Waals surface area (Å²) in [5, 5.41) is 2.24. The number of nitrogens with two attached hydrogens (primary N) is 1. The van der Waals surface area contributed by atoms with Crippen LogP contribution in [0.1, 0.15) is 12.5 Å². The zero-order chi connectivity index (χ0) is 12.7. The Balaban J connectivity index is 2.27. The number of hydroxylamine groups is 1. The van der Waals surface area contributed by atoms with Crippen LogP contribution in [0, 0.1) is 0 Å². The van der Waals surface area contributed by atoms with Crippen LogP contribution in [-0.2, 0) is 16.2 Å². The summed E-state index contributed by atoms with van der Waals surface area (Å²) in [6.07, 6.45) is 0.